The lowest BCUT2D eigenvalue weighted by molar-refractivity contribution is -0.152. The molecular weight excluding hydrogens is 412 g/mol. The molecule has 0 heterocycles. The van der Waals surface area contributed by atoms with E-state index in [9.17, 15) is 9.90 Å². The number of esters is 1. The van der Waals surface area contributed by atoms with Crippen LogP contribution in [0.4, 0.5) is 0 Å². The van der Waals surface area contributed by atoms with E-state index in [1.165, 1.54) is 12.8 Å². The minimum atomic E-state index is -0.868. The van der Waals surface area contributed by atoms with Crippen molar-refractivity contribution in [3.8, 4) is 16.9 Å². The molecule has 1 aliphatic carbocycles. The van der Waals surface area contributed by atoms with Crippen molar-refractivity contribution in [3.05, 3.63) is 54.1 Å². The molecule has 0 unspecified atom stereocenters. The van der Waals surface area contributed by atoms with E-state index in [1.807, 2.05) is 24.3 Å². The van der Waals surface area contributed by atoms with Crippen molar-refractivity contribution in [1.29, 1.82) is 0 Å². The second-order valence-corrected chi connectivity index (χ2v) is 9.34. The Morgan fingerprint density at radius 2 is 1.45 bits per heavy atom. The van der Waals surface area contributed by atoms with E-state index in [4.69, 9.17) is 9.47 Å². The third kappa shape index (κ3) is 7.33. The maximum Gasteiger partial charge on any atom is 0.308 e. The molecule has 0 aromatic heterocycles. The molecule has 1 fully saturated rings. The predicted molar refractivity (Wildman–Crippen MR) is 133 cm³/mol. The molecule has 1 saturated carbocycles. The molecule has 2 aromatic rings. The van der Waals surface area contributed by atoms with Crippen LogP contribution in [0.3, 0.4) is 0 Å². The van der Waals surface area contributed by atoms with Gasteiger partial charge in [-0.25, -0.2) is 0 Å². The molecule has 1 aliphatic rings. The number of rotatable bonds is 12. The van der Waals surface area contributed by atoms with Crippen LogP contribution in [0.1, 0.15) is 83.6 Å². The molecule has 0 radical (unpaired) electrons. The summed E-state index contributed by atoms with van der Waals surface area (Å²) in [4.78, 5) is 12.4. The van der Waals surface area contributed by atoms with Gasteiger partial charge in [-0.15, -0.1) is 0 Å². The highest BCUT2D eigenvalue weighted by molar-refractivity contribution is 5.72. The average Bonchev–Trinajstić information content (AvgIpc) is 2.85. The van der Waals surface area contributed by atoms with Gasteiger partial charge in [0.05, 0.1) is 24.7 Å². The summed E-state index contributed by atoms with van der Waals surface area (Å²) in [7, 11) is 0. The first-order valence-electron chi connectivity index (χ1n) is 12.8. The molecule has 4 heteroatoms. The zero-order chi connectivity index (χ0) is 23.5. The Balaban J connectivity index is 1.51. The molecule has 3 rings (SSSR count). The van der Waals surface area contributed by atoms with Crippen LogP contribution < -0.4 is 4.74 Å². The number of carbonyl (C=O) groups is 1. The number of unbranched alkanes of at least 4 members (excludes halogenated alkanes) is 4. The van der Waals surface area contributed by atoms with Crippen LogP contribution in [0.15, 0.2) is 48.5 Å². The fourth-order valence-corrected chi connectivity index (χ4v) is 4.49. The molecule has 180 valence electrons. The second-order valence-electron chi connectivity index (χ2n) is 9.34. The zero-order valence-corrected chi connectivity index (χ0v) is 20.4. The number of hydrogen-bond donors (Lipinski definition) is 1. The summed E-state index contributed by atoms with van der Waals surface area (Å²) in [5, 5.41) is 11.2. The van der Waals surface area contributed by atoms with Gasteiger partial charge in [0.25, 0.3) is 0 Å². The monoisotopic (exact) mass is 452 g/mol. The van der Waals surface area contributed by atoms with E-state index in [2.05, 4.69) is 38.1 Å². The van der Waals surface area contributed by atoms with Gasteiger partial charge in [0.15, 0.2) is 0 Å². The number of ether oxygens (including phenoxy) is 2. The third-order valence-corrected chi connectivity index (χ3v) is 6.76. The minimum Gasteiger partial charge on any atom is -0.494 e. The van der Waals surface area contributed by atoms with Gasteiger partial charge in [-0.2, -0.15) is 0 Å². The fourth-order valence-electron chi connectivity index (χ4n) is 4.49. The first kappa shape index (κ1) is 25.3. The maximum absolute atomic E-state index is 12.4. The van der Waals surface area contributed by atoms with E-state index >= 15 is 0 Å². The van der Waals surface area contributed by atoms with Crippen molar-refractivity contribution >= 4 is 5.97 Å². The van der Waals surface area contributed by atoms with Gasteiger partial charge in [0, 0.05) is 0 Å². The molecule has 0 saturated heterocycles. The van der Waals surface area contributed by atoms with Crippen LogP contribution in [0.25, 0.3) is 11.1 Å². The summed E-state index contributed by atoms with van der Waals surface area (Å²) in [6.45, 7) is 5.60. The van der Waals surface area contributed by atoms with Crippen molar-refractivity contribution in [3.63, 3.8) is 0 Å². The lowest BCUT2D eigenvalue weighted by Crippen LogP contribution is -2.34. The molecule has 0 amide bonds. The normalized spacial score (nSPS) is 20.4. The van der Waals surface area contributed by atoms with E-state index in [1.54, 1.807) is 0 Å². The summed E-state index contributed by atoms with van der Waals surface area (Å²) in [5.74, 6) is 0.717. The molecule has 2 aromatic carbocycles. The zero-order valence-electron chi connectivity index (χ0n) is 20.4. The summed E-state index contributed by atoms with van der Waals surface area (Å²) in [5.41, 5.74) is 2.30. The summed E-state index contributed by atoms with van der Waals surface area (Å²) in [6.07, 6.45) is 9.13. The van der Waals surface area contributed by atoms with E-state index in [0.717, 1.165) is 54.7 Å². The van der Waals surface area contributed by atoms with Gasteiger partial charge < -0.3 is 14.6 Å². The minimum absolute atomic E-state index is 0.0891. The van der Waals surface area contributed by atoms with E-state index < -0.39 is 5.60 Å². The molecule has 4 nitrogen and oxygen atoms in total. The molecule has 0 spiro atoms. The number of carbonyl (C=O) groups excluding carboxylic acids is 1. The topological polar surface area (TPSA) is 55.8 Å². The number of aliphatic hydroxyl groups is 1. The van der Waals surface area contributed by atoms with Gasteiger partial charge in [-0.1, -0.05) is 75.9 Å². The van der Waals surface area contributed by atoms with Crippen LogP contribution in [-0.4, -0.2) is 24.3 Å². The molecule has 0 atom stereocenters. The van der Waals surface area contributed by atoms with Crippen molar-refractivity contribution < 1.29 is 19.4 Å². The van der Waals surface area contributed by atoms with E-state index in [0.29, 0.717) is 32.3 Å². The Hall–Kier alpha value is -2.33. The number of hydrogen-bond acceptors (Lipinski definition) is 4. The van der Waals surface area contributed by atoms with E-state index in [-0.39, 0.29) is 11.9 Å². The van der Waals surface area contributed by atoms with Crippen LogP contribution in [-0.2, 0) is 15.1 Å². The van der Waals surface area contributed by atoms with Crippen molar-refractivity contribution in [2.24, 2.45) is 5.92 Å². The van der Waals surface area contributed by atoms with Crippen LogP contribution in [0, 0.1) is 5.92 Å². The molecule has 0 bridgehead atoms. The SMILES string of the molecule is CCCCCCOC(=O)C1CCC(O)(c2ccc(-c3ccc(OCCCC)cc3)cc2)CC1. The van der Waals surface area contributed by atoms with Crippen LogP contribution in [0.2, 0.25) is 0 Å². The fraction of sp³-hybridized carbons (Fsp3) is 0.552. The molecule has 1 N–H and O–H groups in total. The highest BCUT2D eigenvalue weighted by Gasteiger charge is 2.37. The molecule has 33 heavy (non-hydrogen) atoms. The van der Waals surface area contributed by atoms with Crippen molar-refractivity contribution in [2.75, 3.05) is 13.2 Å². The van der Waals surface area contributed by atoms with Crippen LogP contribution >= 0.6 is 0 Å². The largest absolute Gasteiger partial charge is 0.494 e. The Bertz CT molecular complexity index is 833. The summed E-state index contributed by atoms with van der Waals surface area (Å²) >= 11 is 0. The van der Waals surface area contributed by atoms with Crippen LogP contribution in [0.5, 0.6) is 5.75 Å². The van der Waals surface area contributed by atoms with Crippen molar-refractivity contribution in [1.82, 2.24) is 0 Å². The molecule has 0 aliphatic heterocycles. The van der Waals surface area contributed by atoms with Gasteiger partial charge in [-0.05, 0) is 67.3 Å². The quantitative estimate of drug-likeness (QED) is 0.277. The third-order valence-electron chi connectivity index (χ3n) is 6.76. The first-order chi connectivity index (χ1) is 16.1. The smallest absolute Gasteiger partial charge is 0.308 e. The standard InChI is InChI=1S/C29H40O4/c1-3-5-7-8-22-33-28(30)25-17-19-29(31,20-18-25)26-13-9-23(10-14-26)24-11-15-27(16-12-24)32-21-6-4-2/h9-16,25,31H,3-8,17-22H2,1-2H3. The van der Waals surface area contributed by atoms with Gasteiger partial charge in [0.2, 0.25) is 0 Å². The van der Waals surface area contributed by atoms with Gasteiger partial charge >= 0.3 is 5.97 Å². The summed E-state index contributed by atoms with van der Waals surface area (Å²) < 4.78 is 11.2. The Morgan fingerprint density at radius 1 is 0.848 bits per heavy atom. The lowest BCUT2D eigenvalue weighted by Gasteiger charge is -2.35. The van der Waals surface area contributed by atoms with Crippen molar-refractivity contribution in [2.45, 2.75) is 83.7 Å². The highest BCUT2D eigenvalue weighted by Crippen LogP contribution is 2.40. The Morgan fingerprint density at radius 3 is 2.06 bits per heavy atom. The highest BCUT2D eigenvalue weighted by atomic mass is 16.5. The van der Waals surface area contributed by atoms with Gasteiger partial charge in [-0.3, -0.25) is 4.79 Å². The Labute approximate surface area is 199 Å². The average molecular weight is 453 g/mol. The predicted octanol–water partition coefficient (Wildman–Crippen LogP) is 7.03. The van der Waals surface area contributed by atoms with Gasteiger partial charge in [0.1, 0.15) is 5.75 Å². The second kappa shape index (κ2) is 12.8. The lowest BCUT2D eigenvalue weighted by atomic mass is 9.75. The first-order valence-corrected chi connectivity index (χ1v) is 12.8. The Kier molecular flexibility index (Phi) is 9.80. The summed E-state index contributed by atoms with van der Waals surface area (Å²) in [6, 6.07) is 16.3. The molecular formula is C29H40O4. The number of benzene rings is 2. The maximum atomic E-state index is 12.4.